The fourth-order valence-electron chi connectivity index (χ4n) is 3.26. The molecule has 2 heteroatoms. The summed E-state index contributed by atoms with van der Waals surface area (Å²) in [7, 11) is 0. The summed E-state index contributed by atoms with van der Waals surface area (Å²) in [4.78, 5) is 14.6. The van der Waals surface area contributed by atoms with Gasteiger partial charge < -0.3 is 0 Å². The molecule has 2 heterocycles. The molecule has 1 aromatic rings. The van der Waals surface area contributed by atoms with Gasteiger partial charge in [0.05, 0.1) is 0 Å². The van der Waals surface area contributed by atoms with E-state index in [1.54, 1.807) is 0 Å². The maximum atomic E-state index is 12.1. The fourth-order valence-corrected chi connectivity index (χ4v) is 3.26. The molecule has 1 aromatic carbocycles. The Balaban J connectivity index is 1.92. The molecular formula is C15H19NO. The second-order valence-corrected chi connectivity index (χ2v) is 5.24. The summed E-state index contributed by atoms with van der Waals surface area (Å²) in [5, 5.41) is 0. The quantitative estimate of drug-likeness (QED) is 0.737. The Hall–Kier alpha value is -1.15. The third-order valence-electron chi connectivity index (χ3n) is 4.32. The summed E-state index contributed by atoms with van der Waals surface area (Å²) >= 11 is 0. The van der Waals surface area contributed by atoms with Crippen LogP contribution in [-0.2, 0) is 11.2 Å². The van der Waals surface area contributed by atoms with Crippen LogP contribution in [0.1, 0.15) is 36.9 Å². The first-order valence-electron chi connectivity index (χ1n) is 6.64. The van der Waals surface area contributed by atoms with Gasteiger partial charge in [0.2, 0.25) is 0 Å². The van der Waals surface area contributed by atoms with Gasteiger partial charge in [0.25, 0.3) is 0 Å². The molecule has 0 N–H and O–H groups in total. The average molecular weight is 229 g/mol. The number of rotatable bonds is 1. The number of carbonyl (C=O) groups is 1. The topological polar surface area (TPSA) is 20.3 Å². The average Bonchev–Trinajstić information content (AvgIpc) is 2.38. The Morgan fingerprint density at radius 3 is 3.00 bits per heavy atom. The summed E-state index contributed by atoms with van der Waals surface area (Å²) in [5.74, 6) is 0.738. The Labute approximate surface area is 103 Å². The van der Waals surface area contributed by atoms with E-state index >= 15 is 0 Å². The van der Waals surface area contributed by atoms with Crippen molar-refractivity contribution in [3.63, 3.8) is 0 Å². The lowest BCUT2D eigenvalue weighted by molar-refractivity contribution is -0.128. The predicted molar refractivity (Wildman–Crippen MR) is 67.9 cm³/mol. The van der Waals surface area contributed by atoms with Crippen molar-refractivity contribution in [3.05, 3.63) is 35.4 Å². The zero-order chi connectivity index (χ0) is 11.8. The van der Waals surface area contributed by atoms with Crippen LogP contribution in [0.2, 0.25) is 0 Å². The summed E-state index contributed by atoms with van der Waals surface area (Å²) < 4.78 is 0. The Kier molecular flexibility index (Phi) is 2.75. The standard InChI is InChI=1S/C15H19NO/c1-2-11-10-16-8-7-12-5-3-4-6-13(12)14(16)9-15(11)17/h3-6,11,14H,2,7-10H2,1H3/t11-,14-/m0/s1. The van der Waals surface area contributed by atoms with Gasteiger partial charge in [-0.25, -0.2) is 0 Å². The molecule has 3 rings (SSSR count). The van der Waals surface area contributed by atoms with Crippen LogP contribution in [-0.4, -0.2) is 23.8 Å². The number of ketones is 1. The number of hydrogen-bond acceptors (Lipinski definition) is 2. The lowest BCUT2D eigenvalue weighted by Crippen LogP contribution is -2.46. The highest BCUT2D eigenvalue weighted by molar-refractivity contribution is 5.83. The molecule has 0 bridgehead atoms. The third-order valence-corrected chi connectivity index (χ3v) is 4.32. The minimum Gasteiger partial charge on any atom is -0.299 e. The first-order chi connectivity index (χ1) is 8.29. The molecule has 2 nitrogen and oxygen atoms in total. The first-order valence-corrected chi connectivity index (χ1v) is 6.64. The zero-order valence-corrected chi connectivity index (χ0v) is 10.4. The van der Waals surface area contributed by atoms with Crippen LogP contribution < -0.4 is 0 Å². The molecule has 2 aliphatic heterocycles. The maximum absolute atomic E-state index is 12.1. The predicted octanol–water partition coefficient (Wildman–Crippen LogP) is 2.58. The van der Waals surface area contributed by atoms with E-state index in [1.807, 2.05) is 0 Å². The molecule has 17 heavy (non-hydrogen) atoms. The number of fused-ring (bicyclic) bond motifs is 3. The normalized spacial score (nSPS) is 28.6. The van der Waals surface area contributed by atoms with Gasteiger partial charge in [-0.15, -0.1) is 0 Å². The smallest absolute Gasteiger partial charge is 0.139 e. The van der Waals surface area contributed by atoms with Gasteiger partial charge in [-0.05, 0) is 24.0 Å². The van der Waals surface area contributed by atoms with Crippen molar-refractivity contribution in [2.45, 2.75) is 32.2 Å². The van der Waals surface area contributed by atoms with Crippen LogP contribution >= 0.6 is 0 Å². The van der Waals surface area contributed by atoms with Crippen LogP contribution in [0.15, 0.2) is 24.3 Å². The van der Waals surface area contributed by atoms with Crippen molar-refractivity contribution < 1.29 is 4.79 Å². The maximum Gasteiger partial charge on any atom is 0.139 e. The molecule has 0 aliphatic carbocycles. The first kappa shape index (κ1) is 11.0. The molecule has 0 amide bonds. The van der Waals surface area contributed by atoms with E-state index < -0.39 is 0 Å². The molecule has 90 valence electrons. The molecular weight excluding hydrogens is 210 g/mol. The van der Waals surface area contributed by atoms with Crippen molar-refractivity contribution in [2.24, 2.45) is 5.92 Å². The van der Waals surface area contributed by atoms with E-state index in [-0.39, 0.29) is 5.92 Å². The Bertz CT molecular complexity index is 440. The number of nitrogens with zero attached hydrogens (tertiary/aromatic N) is 1. The number of Topliss-reactive ketones (excluding diaryl/α,β-unsaturated/α-hetero) is 1. The van der Waals surface area contributed by atoms with Crippen molar-refractivity contribution >= 4 is 5.78 Å². The van der Waals surface area contributed by atoms with Crippen LogP contribution in [0.3, 0.4) is 0 Å². The SMILES string of the molecule is CC[C@H]1CN2CCc3ccccc3[C@@H]2CC1=O. The van der Waals surface area contributed by atoms with Crippen LogP contribution in [0.4, 0.5) is 0 Å². The monoisotopic (exact) mass is 229 g/mol. The van der Waals surface area contributed by atoms with E-state index in [2.05, 4.69) is 36.1 Å². The lowest BCUT2D eigenvalue weighted by Gasteiger charge is -2.42. The second kappa shape index (κ2) is 4.26. The van der Waals surface area contributed by atoms with Crippen molar-refractivity contribution in [1.82, 2.24) is 4.90 Å². The largest absolute Gasteiger partial charge is 0.299 e. The number of hydrogen-bond donors (Lipinski definition) is 0. The molecule has 1 saturated heterocycles. The van der Waals surface area contributed by atoms with Gasteiger partial charge in [0.15, 0.2) is 0 Å². The van der Waals surface area contributed by atoms with Crippen molar-refractivity contribution in [2.75, 3.05) is 13.1 Å². The molecule has 0 spiro atoms. The van der Waals surface area contributed by atoms with E-state index in [0.717, 1.165) is 32.4 Å². The fraction of sp³-hybridized carbons (Fsp3) is 0.533. The van der Waals surface area contributed by atoms with Crippen molar-refractivity contribution in [3.8, 4) is 0 Å². The van der Waals surface area contributed by atoms with Gasteiger partial charge in [-0.2, -0.15) is 0 Å². The van der Waals surface area contributed by atoms with Crippen molar-refractivity contribution in [1.29, 1.82) is 0 Å². The van der Waals surface area contributed by atoms with E-state index in [9.17, 15) is 4.79 Å². The highest BCUT2D eigenvalue weighted by Gasteiger charge is 2.36. The zero-order valence-electron chi connectivity index (χ0n) is 10.4. The minimum atomic E-state index is 0.275. The molecule has 0 radical (unpaired) electrons. The summed E-state index contributed by atoms with van der Waals surface area (Å²) in [6.45, 7) is 4.21. The lowest BCUT2D eigenvalue weighted by atomic mass is 9.82. The molecule has 0 aromatic heterocycles. The van der Waals surface area contributed by atoms with Gasteiger partial charge in [0.1, 0.15) is 5.78 Å². The van der Waals surface area contributed by atoms with E-state index in [4.69, 9.17) is 0 Å². The van der Waals surface area contributed by atoms with E-state index in [0.29, 0.717) is 11.8 Å². The highest BCUT2D eigenvalue weighted by Crippen LogP contribution is 2.37. The summed E-state index contributed by atoms with van der Waals surface area (Å²) in [6.07, 6.45) is 2.84. The van der Waals surface area contributed by atoms with Crippen LogP contribution in [0.25, 0.3) is 0 Å². The Morgan fingerprint density at radius 1 is 1.35 bits per heavy atom. The van der Waals surface area contributed by atoms with Gasteiger partial charge in [-0.3, -0.25) is 9.69 Å². The summed E-state index contributed by atoms with van der Waals surface area (Å²) in [5.41, 5.74) is 2.83. The Morgan fingerprint density at radius 2 is 2.18 bits per heavy atom. The number of benzene rings is 1. The van der Waals surface area contributed by atoms with Gasteiger partial charge in [-0.1, -0.05) is 31.2 Å². The van der Waals surface area contributed by atoms with Gasteiger partial charge in [0, 0.05) is 31.5 Å². The van der Waals surface area contributed by atoms with Crippen LogP contribution in [0, 0.1) is 5.92 Å². The van der Waals surface area contributed by atoms with E-state index in [1.165, 1.54) is 11.1 Å². The van der Waals surface area contributed by atoms with Gasteiger partial charge >= 0.3 is 0 Å². The molecule has 0 unspecified atom stereocenters. The molecule has 0 saturated carbocycles. The molecule has 2 aliphatic rings. The highest BCUT2D eigenvalue weighted by atomic mass is 16.1. The molecule has 2 atom stereocenters. The third kappa shape index (κ3) is 1.81. The second-order valence-electron chi connectivity index (χ2n) is 5.24. The number of piperidine rings is 1. The van der Waals surface area contributed by atoms with Crippen LogP contribution in [0.5, 0.6) is 0 Å². The number of carbonyl (C=O) groups excluding carboxylic acids is 1. The molecule has 1 fully saturated rings. The summed E-state index contributed by atoms with van der Waals surface area (Å²) in [6, 6.07) is 8.97. The minimum absolute atomic E-state index is 0.275.